The van der Waals surface area contributed by atoms with Crippen LogP contribution >= 0.6 is 0 Å². The lowest BCUT2D eigenvalue weighted by Crippen LogP contribution is -2.25. The van der Waals surface area contributed by atoms with Crippen molar-refractivity contribution in [1.29, 1.82) is 0 Å². The topological polar surface area (TPSA) is 44.8 Å². The van der Waals surface area contributed by atoms with Crippen LogP contribution in [0.1, 0.15) is 36.7 Å². The molecular formula is C15H22O4. The molecule has 4 heteroatoms. The van der Waals surface area contributed by atoms with Crippen LogP contribution in [-0.2, 0) is 9.47 Å². The van der Waals surface area contributed by atoms with Crippen molar-refractivity contribution >= 4 is 5.78 Å². The fourth-order valence-electron chi connectivity index (χ4n) is 1.70. The van der Waals surface area contributed by atoms with Gasteiger partial charge in [-0.3, -0.25) is 4.79 Å². The highest BCUT2D eigenvalue weighted by Crippen LogP contribution is 2.20. The molecular weight excluding hydrogens is 244 g/mol. The van der Waals surface area contributed by atoms with Crippen molar-refractivity contribution in [1.82, 2.24) is 0 Å². The molecule has 1 aromatic carbocycles. The lowest BCUT2D eigenvalue weighted by molar-refractivity contribution is -0.152. The molecule has 4 nitrogen and oxygen atoms in total. The maximum Gasteiger partial charge on any atom is 0.191 e. The summed E-state index contributed by atoms with van der Waals surface area (Å²) < 4.78 is 16.5. The molecule has 1 aromatic rings. The number of Topliss-reactive ketones (excluding diaryl/α,β-unsaturated/α-hetero) is 1. The highest BCUT2D eigenvalue weighted by Gasteiger charge is 2.10. The minimum atomic E-state index is -0.359. The van der Waals surface area contributed by atoms with Gasteiger partial charge in [-0.1, -0.05) is 0 Å². The summed E-state index contributed by atoms with van der Waals surface area (Å²) in [6, 6.07) is 5.40. The maximum absolute atomic E-state index is 11.3. The molecule has 19 heavy (non-hydrogen) atoms. The predicted molar refractivity (Wildman–Crippen MR) is 73.7 cm³/mol. The van der Waals surface area contributed by atoms with Crippen LogP contribution < -0.4 is 4.74 Å². The van der Waals surface area contributed by atoms with Crippen LogP contribution in [0.4, 0.5) is 0 Å². The van der Waals surface area contributed by atoms with Gasteiger partial charge in [0.1, 0.15) is 12.4 Å². The van der Waals surface area contributed by atoms with E-state index >= 15 is 0 Å². The standard InChI is InChI=1S/C15H22O4/c1-5-17-15(18-6-2)10-19-14-8-7-13(12(4)16)9-11(14)3/h7-9,15H,5-6,10H2,1-4H3. The van der Waals surface area contributed by atoms with E-state index in [0.29, 0.717) is 25.4 Å². The molecule has 0 aliphatic heterocycles. The van der Waals surface area contributed by atoms with Gasteiger partial charge in [0.2, 0.25) is 0 Å². The van der Waals surface area contributed by atoms with Crippen LogP contribution in [0.15, 0.2) is 18.2 Å². The fourth-order valence-corrected chi connectivity index (χ4v) is 1.70. The first kappa shape index (κ1) is 15.7. The number of ketones is 1. The van der Waals surface area contributed by atoms with Gasteiger partial charge in [0.25, 0.3) is 0 Å². The van der Waals surface area contributed by atoms with Crippen LogP contribution in [0.25, 0.3) is 0 Å². The van der Waals surface area contributed by atoms with Gasteiger partial charge in [0.05, 0.1) is 0 Å². The molecule has 106 valence electrons. The van der Waals surface area contributed by atoms with Gasteiger partial charge < -0.3 is 14.2 Å². The van der Waals surface area contributed by atoms with E-state index in [1.165, 1.54) is 0 Å². The van der Waals surface area contributed by atoms with Gasteiger partial charge in [-0.15, -0.1) is 0 Å². The second-order valence-corrected chi connectivity index (χ2v) is 4.19. The third kappa shape index (κ3) is 5.01. The molecule has 0 N–H and O–H groups in total. The molecule has 0 amide bonds. The Bertz CT molecular complexity index is 409. The summed E-state index contributed by atoms with van der Waals surface area (Å²) in [5.74, 6) is 0.797. The minimum absolute atomic E-state index is 0.0520. The van der Waals surface area contributed by atoms with E-state index in [-0.39, 0.29) is 12.1 Å². The van der Waals surface area contributed by atoms with Crippen molar-refractivity contribution < 1.29 is 19.0 Å². The number of aryl methyl sites for hydroxylation is 1. The second kappa shape index (κ2) is 7.92. The Kier molecular flexibility index (Phi) is 6.53. The van der Waals surface area contributed by atoms with Crippen molar-refractivity contribution in [2.75, 3.05) is 19.8 Å². The SMILES string of the molecule is CCOC(COc1ccc(C(C)=O)cc1C)OCC. The van der Waals surface area contributed by atoms with Crippen LogP contribution in [0.5, 0.6) is 5.75 Å². The van der Waals surface area contributed by atoms with Crippen molar-refractivity contribution in [3.63, 3.8) is 0 Å². The number of benzene rings is 1. The molecule has 0 unspecified atom stereocenters. The largest absolute Gasteiger partial charge is 0.488 e. The normalized spacial score (nSPS) is 10.8. The van der Waals surface area contributed by atoms with E-state index in [9.17, 15) is 4.79 Å². The summed E-state index contributed by atoms with van der Waals surface area (Å²) in [6.07, 6.45) is -0.359. The average molecular weight is 266 g/mol. The zero-order chi connectivity index (χ0) is 14.3. The first-order chi connectivity index (χ1) is 9.08. The van der Waals surface area contributed by atoms with Crippen molar-refractivity contribution in [3.8, 4) is 5.75 Å². The van der Waals surface area contributed by atoms with Gasteiger partial charge >= 0.3 is 0 Å². The number of carbonyl (C=O) groups is 1. The molecule has 0 aliphatic carbocycles. The van der Waals surface area contributed by atoms with Crippen molar-refractivity contribution in [2.45, 2.75) is 34.0 Å². The number of hydrogen-bond acceptors (Lipinski definition) is 4. The summed E-state index contributed by atoms with van der Waals surface area (Å²) in [5.41, 5.74) is 1.62. The van der Waals surface area contributed by atoms with Crippen LogP contribution in [0.2, 0.25) is 0 Å². The molecule has 0 atom stereocenters. The summed E-state index contributed by atoms with van der Waals surface area (Å²) in [4.78, 5) is 11.3. The van der Waals surface area contributed by atoms with E-state index in [4.69, 9.17) is 14.2 Å². The average Bonchev–Trinajstić information content (AvgIpc) is 2.37. The smallest absolute Gasteiger partial charge is 0.191 e. The fraction of sp³-hybridized carbons (Fsp3) is 0.533. The van der Waals surface area contributed by atoms with E-state index < -0.39 is 0 Å². The first-order valence-electron chi connectivity index (χ1n) is 6.56. The minimum Gasteiger partial charge on any atom is -0.488 e. The maximum atomic E-state index is 11.3. The lowest BCUT2D eigenvalue weighted by atomic mass is 10.1. The zero-order valence-electron chi connectivity index (χ0n) is 12.1. The number of ether oxygens (including phenoxy) is 3. The molecule has 0 heterocycles. The van der Waals surface area contributed by atoms with Gasteiger partial charge in [0.15, 0.2) is 12.1 Å². The Morgan fingerprint density at radius 1 is 1.21 bits per heavy atom. The molecule has 0 aliphatic rings. The molecule has 0 saturated carbocycles. The van der Waals surface area contributed by atoms with E-state index in [0.717, 1.165) is 11.3 Å². The third-order valence-electron chi connectivity index (χ3n) is 2.66. The third-order valence-corrected chi connectivity index (χ3v) is 2.66. The van der Waals surface area contributed by atoms with Crippen LogP contribution in [-0.4, -0.2) is 31.9 Å². The summed E-state index contributed by atoms with van der Waals surface area (Å²) in [6.45, 7) is 8.79. The lowest BCUT2D eigenvalue weighted by Gasteiger charge is -2.18. The van der Waals surface area contributed by atoms with E-state index in [1.807, 2.05) is 26.8 Å². The van der Waals surface area contributed by atoms with Gasteiger partial charge in [-0.25, -0.2) is 0 Å². The summed E-state index contributed by atoms with van der Waals surface area (Å²) in [7, 11) is 0. The molecule has 0 bridgehead atoms. The Morgan fingerprint density at radius 2 is 1.84 bits per heavy atom. The van der Waals surface area contributed by atoms with E-state index in [2.05, 4.69) is 0 Å². The monoisotopic (exact) mass is 266 g/mol. The Balaban J connectivity index is 2.63. The number of hydrogen-bond donors (Lipinski definition) is 0. The molecule has 1 rings (SSSR count). The van der Waals surface area contributed by atoms with Gasteiger partial charge in [-0.05, 0) is 51.5 Å². The number of carbonyl (C=O) groups excluding carboxylic acids is 1. The summed E-state index contributed by atoms with van der Waals surface area (Å²) >= 11 is 0. The zero-order valence-corrected chi connectivity index (χ0v) is 12.1. The highest BCUT2D eigenvalue weighted by atomic mass is 16.7. The first-order valence-corrected chi connectivity index (χ1v) is 6.56. The number of rotatable bonds is 8. The molecule has 0 fully saturated rings. The Morgan fingerprint density at radius 3 is 2.32 bits per heavy atom. The Hall–Kier alpha value is -1.39. The van der Waals surface area contributed by atoms with Gasteiger partial charge in [-0.2, -0.15) is 0 Å². The van der Waals surface area contributed by atoms with Crippen LogP contribution in [0, 0.1) is 6.92 Å². The molecule has 0 spiro atoms. The quantitative estimate of drug-likeness (QED) is 0.536. The van der Waals surface area contributed by atoms with E-state index in [1.54, 1.807) is 19.1 Å². The molecule has 0 radical (unpaired) electrons. The summed E-state index contributed by atoms with van der Waals surface area (Å²) in [5, 5.41) is 0. The second-order valence-electron chi connectivity index (χ2n) is 4.19. The van der Waals surface area contributed by atoms with Crippen molar-refractivity contribution in [2.24, 2.45) is 0 Å². The predicted octanol–water partition coefficient (Wildman–Crippen LogP) is 2.98. The molecule has 0 aromatic heterocycles. The van der Waals surface area contributed by atoms with Crippen LogP contribution in [0.3, 0.4) is 0 Å². The molecule has 0 saturated heterocycles. The van der Waals surface area contributed by atoms with Gasteiger partial charge in [0, 0.05) is 18.8 Å². The van der Waals surface area contributed by atoms with Crippen molar-refractivity contribution in [3.05, 3.63) is 29.3 Å². The highest BCUT2D eigenvalue weighted by molar-refractivity contribution is 5.94. The Labute approximate surface area is 114 Å².